The van der Waals surface area contributed by atoms with Gasteiger partial charge in [0, 0.05) is 0 Å². The molecule has 2 nitrogen and oxygen atoms in total. The van der Waals surface area contributed by atoms with Gasteiger partial charge in [0.2, 0.25) is 0 Å². The van der Waals surface area contributed by atoms with Gasteiger partial charge in [0.25, 0.3) is 0 Å². The average molecular weight is 184 g/mol. The molecule has 0 unspecified atom stereocenters. The Hall–Kier alpha value is 1.06. The van der Waals surface area contributed by atoms with Crippen LogP contribution < -0.4 is 29.6 Å². The molecule has 0 atom stereocenters. The Morgan fingerprint density at radius 2 is 1.91 bits per heavy atom. The number of hydrogen-bond acceptors (Lipinski definition) is 2. The van der Waals surface area contributed by atoms with Gasteiger partial charge in [-0.2, -0.15) is 0 Å². The van der Waals surface area contributed by atoms with Gasteiger partial charge in [0.1, 0.15) is 0 Å². The number of rotatable bonds is 2. The topological polar surface area (TPSA) is 26.3 Å². The van der Waals surface area contributed by atoms with Gasteiger partial charge in [0.15, 0.2) is 0 Å². The maximum Gasteiger partial charge on any atom is 1.00 e. The van der Waals surface area contributed by atoms with Crippen LogP contribution >= 0.6 is 8.69 Å². The van der Waals surface area contributed by atoms with Crippen molar-refractivity contribution in [1.82, 2.24) is 0 Å². The summed E-state index contributed by atoms with van der Waals surface area (Å²) in [6.45, 7) is 2.04. The standard InChI is InChI=1S/C7H13O2P.Na.H/c1-7(9-10-8)5-3-2-4-6-7;;/h2-6H2,1H3;;/q;+1;-1. The van der Waals surface area contributed by atoms with Crippen LogP contribution in [0, 0.1) is 0 Å². The van der Waals surface area contributed by atoms with Crippen LogP contribution in [0.5, 0.6) is 0 Å². The molecule has 0 heterocycles. The fraction of sp³-hybridized carbons (Fsp3) is 1.00. The van der Waals surface area contributed by atoms with E-state index >= 15 is 0 Å². The van der Waals surface area contributed by atoms with E-state index in [1.165, 1.54) is 19.3 Å². The monoisotopic (exact) mass is 184 g/mol. The first-order valence-corrected chi connectivity index (χ1v) is 4.51. The van der Waals surface area contributed by atoms with E-state index in [9.17, 15) is 4.57 Å². The van der Waals surface area contributed by atoms with Crippen LogP contribution in [0.3, 0.4) is 0 Å². The molecule has 11 heavy (non-hydrogen) atoms. The minimum absolute atomic E-state index is 0. The first-order valence-electron chi connectivity index (χ1n) is 3.78. The van der Waals surface area contributed by atoms with E-state index < -0.39 is 0 Å². The molecule has 0 aromatic heterocycles. The SMILES string of the molecule is CC1(OP=O)CCCCC1.[H-].[Na+]. The maximum absolute atomic E-state index is 10.2. The van der Waals surface area contributed by atoms with E-state index in [4.69, 9.17) is 4.52 Å². The van der Waals surface area contributed by atoms with Crippen LogP contribution in [-0.2, 0) is 9.09 Å². The van der Waals surface area contributed by atoms with Crippen LogP contribution in [0.4, 0.5) is 0 Å². The summed E-state index contributed by atoms with van der Waals surface area (Å²) < 4.78 is 15.2. The smallest absolute Gasteiger partial charge is 1.00 e. The molecule has 1 aliphatic carbocycles. The fourth-order valence-electron chi connectivity index (χ4n) is 1.48. The van der Waals surface area contributed by atoms with Crippen molar-refractivity contribution in [3.63, 3.8) is 0 Å². The second kappa shape index (κ2) is 5.66. The van der Waals surface area contributed by atoms with Gasteiger partial charge < -0.3 is 1.43 Å². The molecular weight excluding hydrogens is 170 g/mol. The van der Waals surface area contributed by atoms with Crippen molar-refractivity contribution in [3.8, 4) is 0 Å². The summed E-state index contributed by atoms with van der Waals surface area (Å²) in [5, 5.41) is 0. The summed E-state index contributed by atoms with van der Waals surface area (Å²) in [6.07, 6.45) is 5.84. The van der Waals surface area contributed by atoms with Gasteiger partial charge in [-0.1, -0.05) is 19.3 Å². The van der Waals surface area contributed by atoms with Crippen molar-refractivity contribution in [2.24, 2.45) is 0 Å². The van der Waals surface area contributed by atoms with E-state index in [-0.39, 0.29) is 45.3 Å². The van der Waals surface area contributed by atoms with E-state index in [0.29, 0.717) is 0 Å². The van der Waals surface area contributed by atoms with E-state index in [1.807, 2.05) is 6.92 Å². The minimum atomic E-state index is -0.167. The van der Waals surface area contributed by atoms with Gasteiger partial charge in [-0.25, -0.2) is 4.57 Å². The molecule has 1 aliphatic rings. The predicted octanol–water partition coefficient (Wildman–Crippen LogP) is 0.0490. The van der Waals surface area contributed by atoms with Gasteiger partial charge in [0.05, 0.1) is 5.60 Å². The van der Waals surface area contributed by atoms with Crippen molar-refractivity contribution in [2.75, 3.05) is 0 Å². The molecule has 0 aromatic carbocycles. The molecule has 0 aromatic rings. The molecule has 60 valence electrons. The van der Waals surface area contributed by atoms with Gasteiger partial charge >= 0.3 is 38.2 Å². The van der Waals surface area contributed by atoms with Crippen molar-refractivity contribution in [1.29, 1.82) is 0 Å². The van der Waals surface area contributed by atoms with E-state index in [2.05, 4.69) is 0 Å². The summed E-state index contributed by atoms with van der Waals surface area (Å²) in [5.74, 6) is 0. The van der Waals surface area contributed by atoms with Crippen LogP contribution in [0.1, 0.15) is 40.5 Å². The third kappa shape index (κ3) is 4.00. The third-order valence-corrected chi connectivity index (χ3v) is 2.68. The molecule has 4 heteroatoms. The van der Waals surface area contributed by atoms with Gasteiger partial charge in [-0.15, -0.1) is 0 Å². The zero-order chi connectivity index (χ0) is 7.45. The predicted molar refractivity (Wildman–Crippen MR) is 41.3 cm³/mol. The summed E-state index contributed by atoms with van der Waals surface area (Å²) in [6, 6.07) is 0. The maximum atomic E-state index is 10.2. The Kier molecular flexibility index (Phi) is 6.21. The molecule has 0 bridgehead atoms. The van der Waals surface area contributed by atoms with Crippen molar-refractivity contribution >= 4 is 8.69 Å². The van der Waals surface area contributed by atoms with Crippen molar-refractivity contribution in [2.45, 2.75) is 44.6 Å². The normalized spacial score (nSPS) is 22.6. The Bertz CT molecular complexity index is 129. The molecule has 1 saturated carbocycles. The molecule has 0 radical (unpaired) electrons. The molecule has 0 N–H and O–H groups in total. The molecule has 1 rings (SSSR count). The fourth-order valence-corrected chi connectivity index (χ4v) is 1.84. The quantitative estimate of drug-likeness (QED) is 0.447. The summed E-state index contributed by atoms with van der Waals surface area (Å²) >= 11 is 0. The third-order valence-electron chi connectivity index (χ3n) is 2.17. The van der Waals surface area contributed by atoms with E-state index in [0.717, 1.165) is 12.8 Å². The molecule has 0 aliphatic heterocycles. The summed E-state index contributed by atoms with van der Waals surface area (Å²) in [4.78, 5) is 0. The van der Waals surface area contributed by atoms with Crippen LogP contribution in [0.2, 0.25) is 0 Å². The van der Waals surface area contributed by atoms with Crippen molar-refractivity contribution < 1.29 is 40.1 Å². The van der Waals surface area contributed by atoms with E-state index in [1.54, 1.807) is 0 Å². The molecule has 0 amide bonds. The zero-order valence-corrected chi connectivity index (χ0v) is 10.2. The van der Waals surface area contributed by atoms with Crippen LogP contribution in [-0.4, -0.2) is 5.60 Å². The zero-order valence-electron chi connectivity index (χ0n) is 8.30. The Labute approximate surface area is 93.1 Å². The molecular formula is C7H14NaO2P. The largest absolute Gasteiger partial charge is 1.00 e. The van der Waals surface area contributed by atoms with Gasteiger partial charge in [-0.3, -0.25) is 4.52 Å². The summed E-state index contributed by atoms with van der Waals surface area (Å²) in [7, 11) is -0.167. The Morgan fingerprint density at radius 3 is 2.36 bits per heavy atom. The average Bonchev–Trinajstić information content (AvgIpc) is 1.89. The first-order chi connectivity index (χ1) is 4.77. The van der Waals surface area contributed by atoms with Crippen molar-refractivity contribution in [3.05, 3.63) is 0 Å². The van der Waals surface area contributed by atoms with Crippen LogP contribution in [0.25, 0.3) is 0 Å². The Balaban J connectivity index is 0. The number of hydrogen-bond donors (Lipinski definition) is 0. The first kappa shape index (κ1) is 12.1. The van der Waals surface area contributed by atoms with Crippen LogP contribution in [0.15, 0.2) is 0 Å². The summed E-state index contributed by atoms with van der Waals surface area (Å²) in [5.41, 5.74) is -0.0957. The Morgan fingerprint density at radius 1 is 1.36 bits per heavy atom. The molecule has 1 fully saturated rings. The van der Waals surface area contributed by atoms with Gasteiger partial charge in [-0.05, 0) is 19.8 Å². The second-order valence-electron chi connectivity index (χ2n) is 3.18. The second-order valence-corrected chi connectivity index (χ2v) is 3.51. The molecule has 0 spiro atoms. The molecule has 0 saturated heterocycles. The minimum Gasteiger partial charge on any atom is -1.00 e.